The Bertz CT molecular complexity index is 6410. The van der Waals surface area contributed by atoms with Gasteiger partial charge in [0.2, 0.25) is 22.5 Å². The van der Waals surface area contributed by atoms with Crippen molar-refractivity contribution in [2.45, 2.75) is 127 Å². The second kappa shape index (κ2) is 41.3. The Kier molecular flexibility index (Phi) is 27.9. The first-order valence-corrected chi connectivity index (χ1v) is 45.7. The van der Waals surface area contributed by atoms with E-state index in [-0.39, 0.29) is 34.6 Å². The standard InChI is InChI=1S/C26H28N6O3.C22H20ClN5O2.C19H22N6O3.C17H18BNO3.C10H10Cl2N4O/c1-2-4-19(5-3-1)17-35-22-14-20(15-27-16-22)23-24-25(30-26(29-23)31-8-12-34-13-9-31)32(18-28-24)21-6-10-33-11-7-21;23-22-26-19(20-21(27-22)28(14-25-20)17-6-8-29-9-7-17)16-10-18(12-24-11-16)30-13-15-4-2-1-3-5-15;26-15-9-13(10-20-11-15)16-17-18(23-19(22-16)24-3-7-28-8-4-24)25(12-21-17)14-1-5-27-6-2-14;1-16-12-17(16,2)22-18(21-16)14-8-15(10-19-9-14)20-11-13-6-4-3-5-7-13;11-8-7-9(15-10(12)14-8)16(5-13-7)6-1-3-17-4-2-6/h1-5,14-16,18,21H,6-13,17H2;1-5,10-12,14,17H,6-9,13H2;9-12,14,26H,1-8H2;3-10H,11-12H2,1-2H3;5-6H,1-4H2. The fourth-order valence-electron chi connectivity index (χ4n) is 17.1. The summed E-state index contributed by atoms with van der Waals surface area (Å²) >= 11 is 18.1. The number of imidazole rings is 4. The molecule has 1 saturated carbocycles. The maximum absolute atomic E-state index is 9.90. The molecule has 3 aromatic carbocycles. The summed E-state index contributed by atoms with van der Waals surface area (Å²) in [5.41, 5.74) is 14.2. The molecule has 8 aliphatic rings. The van der Waals surface area contributed by atoms with Crippen LogP contribution in [0.1, 0.15) is 112 Å². The first kappa shape index (κ1) is 89.1. The van der Waals surface area contributed by atoms with Gasteiger partial charge in [0.05, 0.1) is 87.7 Å². The number of hydrogen-bond acceptors (Lipinski definition) is 30. The molecule has 0 amide bonds. The van der Waals surface area contributed by atoms with Gasteiger partial charge in [-0.1, -0.05) is 103 Å². The molecule has 680 valence electrons. The van der Waals surface area contributed by atoms with E-state index in [4.69, 9.17) is 112 Å². The number of ether oxygens (including phenoxy) is 9. The van der Waals surface area contributed by atoms with Crippen LogP contribution in [-0.4, -0.2) is 227 Å². The highest BCUT2D eigenvalue weighted by molar-refractivity contribution is 6.62. The molecule has 23 rings (SSSR count). The molecule has 1 N–H and O–H groups in total. The summed E-state index contributed by atoms with van der Waals surface area (Å²) in [6.07, 6.45) is 29.3. The van der Waals surface area contributed by atoms with Gasteiger partial charge in [-0.05, 0) is 129 Å². The summed E-state index contributed by atoms with van der Waals surface area (Å²) in [6.45, 7) is 17.3. The number of hydrogen-bond donors (Lipinski definition) is 1. The van der Waals surface area contributed by atoms with Gasteiger partial charge in [-0.15, -0.1) is 0 Å². The van der Waals surface area contributed by atoms with Crippen LogP contribution in [0.5, 0.6) is 23.0 Å². The second-order valence-corrected chi connectivity index (χ2v) is 34.5. The average Bonchev–Trinajstić information content (AvgIpc) is 1.53. The fraction of sp³-hybridized carbons (Fsp3) is 0.383. The predicted molar refractivity (Wildman–Crippen MR) is 496 cm³/mol. The Morgan fingerprint density at radius 3 is 1.11 bits per heavy atom. The van der Waals surface area contributed by atoms with E-state index in [9.17, 15) is 5.11 Å². The Morgan fingerprint density at radius 1 is 0.371 bits per heavy atom. The van der Waals surface area contributed by atoms with Crippen molar-refractivity contribution in [2.75, 3.05) is 115 Å². The maximum atomic E-state index is 9.90. The van der Waals surface area contributed by atoms with Crippen molar-refractivity contribution in [3.8, 4) is 56.8 Å². The molecule has 7 aliphatic heterocycles. The molecule has 8 fully saturated rings. The van der Waals surface area contributed by atoms with Crippen molar-refractivity contribution in [1.82, 2.24) is 98.0 Å². The lowest BCUT2D eigenvalue weighted by Gasteiger charge is -2.27. The number of rotatable bonds is 19. The number of nitrogens with zero attached hydrogens (tertiary/aromatic N) is 22. The monoisotopic (exact) mass is 1840 g/mol. The highest BCUT2D eigenvalue weighted by Crippen LogP contribution is 2.58. The molecule has 0 bridgehead atoms. The van der Waals surface area contributed by atoms with E-state index in [2.05, 4.69) is 92.2 Å². The first-order chi connectivity index (χ1) is 64.8. The van der Waals surface area contributed by atoms with Crippen molar-refractivity contribution < 1.29 is 57.0 Å². The number of benzene rings is 3. The molecule has 132 heavy (non-hydrogen) atoms. The van der Waals surface area contributed by atoms with Crippen LogP contribution in [0.25, 0.3) is 78.4 Å². The van der Waals surface area contributed by atoms with Crippen LogP contribution in [0, 0.1) is 0 Å². The summed E-state index contributed by atoms with van der Waals surface area (Å²) in [7, 11) is -0.350. The predicted octanol–water partition coefficient (Wildman–Crippen LogP) is 14.7. The summed E-state index contributed by atoms with van der Waals surface area (Å²) in [6, 6.07) is 38.9. The van der Waals surface area contributed by atoms with E-state index < -0.39 is 0 Å². The van der Waals surface area contributed by atoms with Crippen LogP contribution < -0.4 is 29.5 Å². The van der Waals surface area contributed by atoms with Gasteiger partial charge in [-0.3, -0.25) is 19.9 Å². The van der Waals surface area contributed by atoms with Crippen molar-refractivity contribution in [1.29, 1.82) is 0 Å². The summed E-state index contributed by atoms with van der Waals surface area (Å²) in [5, 5.41) is 10.5. The third-order valence-electron chi connectivity index (χ3n) is 24.6. The zero-order valence-electron chi connectivity index (χ0n) is 73.0. The van der Waals surface area contributed by atoms with Gasteiger partial charge in [0.25, 0.3) is 0 Å². The fourth-order valence-corrected chi connectivity index (χ4v) is 17.7. The normalized spacial score (nSPS) is 19.0. The largest absolute Gasteiger partial charge is 0.506 e. The number of anilines is 2. The topological polar surface area (TPSA) is 354 Å². The quantitative estimate of drug-likeness (QED) is 0.0446. The minimum atomic E-state index is -0.350. The number of halogens is 3. The van der Waals surface area contributed by atoms with Crippen LogP contribution in [0.4, 0.5) is 11.9 Å². The molecule has 2 unspecified atom stereocenters. The SMILES string of the molecule is CC12CC1(C)OB(c1cncc(OCc3ccccc3)c1)O2.Clc1nc(-c2cncc(OCc3ccccc3)c2)c2ncn(C3CCOCC3)c2n1.Clc1nc(Cl)c2ncn(C3CCOCC3)c2n1.Oc1cncc(-c2nc(N3CCOCC3)nc3c2ncn3C2CCOCC2)c1.c1ccc(COc2cncc(-c3nc(N4CCOCC4)nc4c3ncn4C3CCOCC3)c2)cc1. The molecule has 34 nitrogen and oxygen atoms in total. The second-order valence-electron chi connectivity index (χ2n) is 33.5. The minimum absolute atomic E-state index is 0.0982. The van der Waals surface area contributed by atoms with Gasteiger partial charge in [0, 0.05) is 157 Å². The molecule has 2 atom stereocenters. The van der Waals surface area contributed by atoms with Crippen LogP contribution in [-0.2, 0) is 57.6 Å². The maximum Gasteiger partial charge on any atom is 0.496 e. The Morgan fingerprint density at radius 2 is 0.705 bits per heavy atom. The zero-order chi connectivity index (χ0) is 89.8. The smallest absolute Gasteiger partial charge is 0.496 e. The molecule has 7 saturated heterocycles. The van der Waals surface area contributed by atoms with Crippen LogP contribution in [0.2, 0.25) is 15.7 Å². The lowest BCUT2D eigenvalue weighted by atomic mass is 9.80. The number of pyridine rings is 4. The van der Waals surface area contributed by atoms with E-state index in [0.29, 0.717) is 127 Å². The summed E-state index contributed by atoms with van der Waals surface area (Å²) < 4.78 is 71.1. The Hall–Kier alpha value is -12.1. The van der Waals surface area contributed by atoms with Crippen molar-refractivity contribution >= 4 is 104 Å². The lowest BCUT2D eigenvalue weighted by molar-refractivity contribution is 0.0703. The van der Waals surface area contributed by atoms with Gasteiger partial charge in [-0.2, -0.15) is 19.9 Å². The van der Waals surface area contributed by atoms with Crippen molar-refractivity contribution in [3.05, 3.63) is 223 Å². The third-order valence-corrected chi connectivity index (χ3v) is 25.2. The highest BCUT2D eigenvalue weighted by Gasteiger charge is 2.71. The van der Waals surface area contributed by atoms with E-state index >= 15 is 0 Å². The van der Waals surface area contributed by atoms with Gasteiger partial charge in [0.1, 0.15) is 82.0 Å². The van der Waals surface area contributed by atoms with E-state index in [1.54, 1.807) is 49.6 Å². The van der Waals surface area contributed by atoms with Gasteiger partial charge >= 0.3 is 7.12 Å². The molecule has 19 heterocycles. The molecule has 0 spiro atoms. The Labute approximate surface area is 775 Å². The molecule has 12 aromatic heterocycles. The molecule has 15 aromatic rings. The molecule has 38 heteroatoms. The number of aromatic hydroxyl groups is 1. The van der Waals surface area contributed by atoms with E-state index in [1.807, 2.05) is 139 Å². The average molecular weight is 1850 g/mol. The molecular formula is C94H98BCl3N22O12. The van der Waals surface area contributed by atoms with E-state index in [0.717, 1.165) is 215 Å². The Balaban J connectivity index is 0.000000108. The summed E-state index contributed by atoms with van der Waals surface area (Å²) in [5.74, 6) is 3.52. The van der Waals surface area contributed by atoms with E-state index in [1.165, 1.54) is 6.20 Å². The molecular weight excluding hydrogens is 1750 g/mol. The molecule has 1 aliphatic carbocycles. The lowest BCUT2D eigenvalue weighted by Crippen LogP contribution is -2.37. The zero-order valence-corrected chi connectivity index (χ0v) is 75.3. The van der Waals surface area contributed by atoms with Crippen molar-refractivity contribution in [3.63, 3.8) is 0 Å². The minimum Gasteiger partial charge on any atom is -0.506 e. The summed E-state index contributed by atoms with van der Waals surface area (Å²) in [4.78, 5) is 76.3. The van der Waals surface area contributed by atoms with Crippen LogP contribution in [0.15, 0.2) is 190 Å². The van der Waals surface area contributed by atoms with Crippen LogP contribution in [0.3, 0.4) is 0 Å². The number of morpholine rings is 2. The van der Waals surface area contributed by atoms with Gasteiger partial charge in [0.15, 0.2) is 27.7 Å². The highest BCUT2D eigenvalue weighted by atomic mass is 35.5. The first-order valence-electron chi connectivity index (χ1n) is 44.5. The number of fused-ring (bicyclic) bond motifs is 5. The number of aromatic nitrogens is 20. The van der Waals surface area contributed by atoms with Crippen molar-refractivity contribution in [2.24, 2.45) is 0 Å². The third kappa shape index (κ3) is 20.9. The van der Waals surface area contributed by atoms with Gasteiger partial charge < -0.3 is 85.1 Å². The van der Waals surface area contributed by atoms with Gasteiger partial charge in [-0.25, -0.2) is 39.9 Å². The van der Waals surface area contributed by atoms with Crippen LogP contribution >= 0.6 is 34.8 Å². The molecule has 0 radical (unpaired) electrons.